The van der Waals surface area contributed by atoms with Crippen LogP contribution in [0.1, 0.15) is 31.9 Å². The Kier molecular flexibility index (Phi) is 6.51. The van der Waals surface area contributed by atoms with E-state index in [1.807, 2.05) is 42.5 Å². The van der Waals surface area contributed by atoms with Crippen LogP contribution in [0.15, 0.2) is 72.8 Å². The van der Waals surface area contributed by atoms with Crippen LogP contribution in [0.2, 0.25) is 10.0 Å². The van der Waals surface area contributed by atoms with E-state index in [0.29, 0.717) is 21.5 Å². The van der Waals surface area contributed by atoms with Crippen LogP contribution in [0.5, 0.6) is 5.75 Å². The Morgan fingerprint density at radius 2 is 1.55 bits per heavy atom. The molecule has 0 aromatic heterocycles. The standard InChI is InChI=1S/C24H23Cl2NO2/c1-16(23(28)27-22-14-11-19(25)15-21(22)26)29-20-12-9-18(10-13-20)24(2,3)17-7-5-4-6-8-17/h4-16H,1-3H3,(H,27,28). The Hall–Kier alpha value is -2.49. The quantitative estimate of drug-likeness (QED) is 0.473. The minimum Gasteiger partial charge on any atom is -0.481 e. The fourth-order valence-electron chi connectivity index (χ4n) is 3.05. The predicted octanol–water partition coefficient (Wildman–Crippen LogP) is 6.73. The molecular formula is C24H23Cl2NO2. The molecule has 0 aliphatic carbocycles. The normalized spacial score (nSPS) is 12.3. The molecule has 0 aliphatic heterocycles. The van der Waals surface area contributed by atoms with Crippen LogP contribution in [0.4, 0.5) is 5.69 Å². The first-order valence-electron chi connectivity index (χ1n) is 9.36. The van der Waals surface area contributed by atoms with Crippen molar-refractivity contribution in [2.75, 3.05) is 5.32 Å². The van der Waals surface area contributed by atoms with E-state index in [-0.39, 0.29) is 11.3 Å². The van der Waals surface area contributed by atoms with Gasteiger partial charge in [0, 0.05) is 10.4 Å². The third-order valence-corrected chi connectivity index (χ3v) is 5.49. The Morgan fingerprint density at radius 1 is 0.931 bits per heavy atom. The van der Waals surface area contributed by atoms with Gasteiger partial charge in [0.1, 0.15) is 5.75 Å². The van der Waals surface area contributed by atoms with Gasteiger partial charge >= 0.3 is 0 Å². The minimum atomic E-state index is -0.685. The maximum absolute atomic E-state index is 12.4. The molecular weight excluding hydrogens is 405 g/mol. The lowest BCUT2D eigenvalue weighted by Crippen LogP contribution is -2.30. The molecule has 3 aromatic rings. The van der Waals surface area contributed by atoms with Gasteiger partial charge in [-0.25, -0.2) is 0 Å². The zero-order chi connectivity index (χ0) is 21.0. The zero-order valence-corrected chi connectivity index (χ0v) is 18.1. The second-order valence-corrected chi connectivity index (χ2v) is 8.23. The second kappa shape index (κ2) is 8.89. The number of benzene rings is 3. The van der Waals surface area contributed by atoms with Gasteiger partial charge in [0.05, 0.1) is 10.7 Å². The lowest BCUT2D eigenvalue weighted by atomic mass is 9.78. The molecule has 0 aliphatic rings. The highest BCUT2D eigenvalue weighted by Gasteiger charge is 2.23. The number of hydrogen-bond acceptors (Lipinski definition) is 2. The highest BCUT2D eigenvalue weighted by molar-refractivity contribution is 6.36. The van der Waals surface area contributed by atoms with E-state index in [0.717, 1.165) is 0 Å². The van der Waals surface area contributed by atoms with Gasteiger partial charge < -0.3 is 10.1 Å². The van der Waals surface area contributed by atoms with Crippen LogP contribution in [0, 0.1) is 0 Å². The van der Waals surface area contributed by atoms with Crippen LogP contribution in [-0.4, -0.2) is 12.0 Å². The summed E-state index contributed by atoms with van der Waals surface area (Å²) in [6, 6.07) is 23.1. The molecule has 0 fully saturated rings. The number of carbonyl (C=O) groups is 1. The molecule has 1 atom stereocenters. The van der Waals surface area contributed by atoms with Crippen LogP contribution in [-0.2, 0) is 10.2 Å². The molecule has 1 amide bonds. The number of amides is 1. The molecule has 1 N–H and O–H groups in total. The number of rotatable bonds is 6. The van der Waals surface area contributed by atoms with E-state index in [1.165, 1.54) is 11.1 Å². The van der Waals surface area contributed by atoms with Gasteiger partial charge in [0.25, 0.3) is 5.91 Å². The number of anilines is 1. The molecule has 0 bridgehead atoms. The Morgan fingerprint density at radius 3 is 2.17 bits per heavy atom. The van der Waals surface area contributed by atoms with Gasteiger partial charge in [0.2, 0.25) is 0 Å². The molecule has 29 heavy (non-hydrogen) atoms. The van der Waals surface area contributed by atoms with Crippen molar-refractivity contribution in [1.29, 1.82) is 0 Å². The number of ether oxygens (including phenoxy) is 1. The Balaban J connectivity index is 1.66. The van der Waals surface area contributed by atoms with Crippen molar-refractivity contribution >= 4 is 34.8 Å². The zero-order valence-electron chi connectivity index (χ0n) is 16.6. The molecule has 3 nitrogen and oxygen atoms in total. The van der Waals surface area contributed by atoms with Gasteiger partial charge in [0.15, 0.2) is 6.10 Å². The molecule has 0 heterocycles. The summed E-state index contributed by atoms with van der Waals surface area (Å²) in [5.74, 6) is 0.338. The van der Waals surface area contributed by atoms with E-state index in [9.17, 15) is 4.79 Å². The maximum Gasteiger partial charge on any atom is 0.265 e. The summed E-state index contributed by atoms with van der Waals surface area (Å²) in [4.78, 5) is 12.4. The van der Waals surface area contributed by atoms with Crippen molar-refractivity contribution in [3.05, 3.63) is 94.0 Å². The van der Waals surface area contributed by atoms with Crippen molar-refractivity contribution in [3.63, 3.8) is 0 Å². The molecule has 3 aromatic carbocycles. The van der Waals surface area contributed by atoms with Crippen molar-refractivity contribution in [2.45, 2.75) is 32.3 Å². The molecule has 0 saturated heterocycles. The summed E-state index contributed by atoms with van der Waals surface area (Å²) in [7, 11) is 0. The monoisotopic (exact) mass is 427 g/mol. The van der Waals surface area contributed by atoms with Gasteiger partial charge in [-0.1, -0.05) is 79.5 Å². The maximum atomic E-state index is 12.4. The topological polar surface area (TPSA) is 38.3 Å². The highest BCUT2D eigenvalue weighted by Crippen LogP contribution is 2.32. The molecule has 0 spiro atoms. The third kappa shape index (κ3) is 5.11. The van der Waals surface area contributed by atoms with E-state index in [2.05, 4.69) is 31.3 Å². The van der Waals surface area contributed by atoms with Crippen LogP contribution in [0.25, 0.3) is 0 Å². The largest absolute Gasteiger partial charge is 0.481 e. The van der Waals surface area contributed by atoms with Crippen molar-refractivity contribution in [1.82, 2.24) is 0 Å². The van der Waals surface area contributed by atoms with Crippen molar-refractivity contribution < 1.29 is 9.53 Å². The highest BCUT2D eigenvalue weighted by atomic mass is 35.5. The Labute approximate surface area is 181 Å². The number of nitrogens with one attached hydrogen (secondary N) is 1. The van der Waals surface area contributed by atoms with Gasteiger partial charge in [-0.3, -0.25) is 4.79 Å². The summed E-state index contributed by atoms with van der Waals surface area (Å²) in [6.45, 7) is 6.06. The van der Waals surface area contributed by atoms with Crippen LogP contribution >= 0.6 is 23.2 Å². The SMILES string of the molecule is CC(Oc1ccc(C(C)(C)c2ccccc2)cc1)C(=O)Nc1ccc(Cl)cc1Cl. The van der Waals surface area contributed by atoms with Crippen molar-refractivity contribution in [3.8, 4) is 5.75 Å². The Bertz CT molecular complexity index is 986. The summed E-state index contributed by atoms with van der Waals surface area (Å²) in [6.07, 6.45) is -0.685. The number of carbonyl (C=O) groups excluding carboxylic acids is 1. The summed E-state index contributed by atoms with van der Waals surface area (Å²) < 4.78 is 5.80. The van der Waals surface area contributed by atoms with E-state index < -0.39 is 6.10 Å². The predicted molar refractivity (Wildman–Crippen MR) is 120 cm³/mol. The first-order valence-corrected chi connectivity index (χ1v) is 10.1. The van der Waals surface area contributed by atoms with E-state index in [1.54, 1.807) is 25.1 Å². The van der Waals surface area contributed by atoms with Gasteiger partial charge in [-0.05, 0) is 48.4 Å². The molecule has 150 valence electrons. The number of hydrogen-bond donors (Lipinski definition) is 1. The lowest BCUT2D eigenvalue weighted by molar-refractivity contribution is -0.122. The average Bonchev–Trinajstić information content (AvgIpc) is 2.71. The summed E-state index contributed by atoms with van der Waals surface area (Å²) in [5.41, 5.74) is 2.77. The first-order chi connectivity index (χ1) is 13.8. The molecule has 3 rings (SSSR count). The third-order valence-electron chi connectivity index (χ3n) is 4.94. The molecule has 1 unspecified atom stereocenters. The van der Waals surface area contributed by atoms with Crippen LogP contribution in [0.3, 0.4) is 0 Å². The fourth-order valence-corrected chi connectivity index (χ4v) is 3.51. The first kappa shape index (κ1) is 21.2. The average molecular weight is 428 g/mol. The second-order valence-electron chi connectivity index (χ2n) is 7.39. The van der Waals surface area contributed by atoms with Gasteiger partial charge in [-0.2, -0.15) is 0 Å². The van der Waals surface area contributed by atoms with Crippen molar-refractivity contribution in [2.24, 2.45) is 0 Å². The molecule has 0 radical (unpaired) electrons. The lowest BCUT2D eigenvalue weighted by Gasteiger charge is -2.26. The van der Waals surface area contributed by atoms with E-state index >= 15 is 0 Å². The minimum absolute atomic E-state index is 0.131. The van der Waals surface area contributed by atoms with E-state index in [4.69, 9.17) is 27.9 Å². The molecule has 5 heteroatoms. The smallest absolute Gasteiger partial charge is 0.265 e. The fraction of sp³-hybridized carbons (Fsp3) is 0.208. The molecule has 0 saturated carbocycles. The number of halogens is 2. The van der Waals surface area contributed by atoms with Crippen LogP contribution < -0.4 is 10.1 Å². The van der Waals surface area contributed by atoms with Gasteiger partial charge in [-0.15, -0.1) is 0 Å². The summed E-state index contributed by atoms with van der Waals surface area (Å²) in [5, 5.41) is 3.65. The summed E-state index contributed by atoms with van der Waals surface area (Å²) >= 11 is 12.0.